The molecule has 0 spiro atoms. The van der Waals surface area contributed by atoms with Gasteiger partial charge in [0.05, 0.1) is 31.8 Å². The lowest BCUT2D eigenvalue weighted by Crippen LogP contribution is -2.48. The molecule has 43 heavy (non-hydrogen) atoms. The van der Waals surface area contributed by atoms with Gasteiger partial charge in [-0.2, -0.15) is 4.98 Å². The molecule has 2 saturated heterocycles. The first-order chi connectivity index (χ1) is 20.7. The highest BCUT2D eigenvalue weighted by Gasteiger charge is 2.22. The van der Waals surface area contributed by atoms with Gasteiger partial charge in [-0.25, -0.2) is 9.78 Å². The Hall–Kier alpha value is -4.65. The molecule has 1 aromatic heterocycles. The third-order valence-electron chi connectivity index (χ3n) is 7.62. The van der Waals surface area contributed by atoms with Gasteiger partial charge in [-0.15, -0.1) is 0 Å². The molecule has 3 aromatic rings. The van der Waals surface area contributed by atoms with Gasteiger partial charge in [-0.05, 0) is 24.3 Å². The van der Waals surface area contributed by atoms with E-state index in [1.165, 1.54) is 11.1 Å². The van der Waals surface area contributed by atoms with E-state index in [-0.39, 0.29) is 5.91 Å². The van der Waals surface area contributed by atoms with Crippen molar-refractivity contribution in [2.24, 2.45) is 0 Å². The van der Waals surface area contributed by atoms with Crippen LogP contribution in [0.15, 0.2) is 42.6 Å². The summed E-state index contributed by atoms with van der Waals surface area (Å²) in [7, 11) is 3.19. The van der Waals surface area contributed by atoms with Crippen molar-refractivity contribution >= 4 is 58.1 Å². The number of rotatable bonds is 8. The fourth-order valence-electron chi connectivity index (χ4n) is 5.16. The van der Waals surface area contributed by atoms with Crippen molar-refractivity contribution in [2.45, 2.75) is 6.92 Å². The Labute approximate surface area is 255 Å². The number of hydrogen-bond acceptors (Lipinski definition) is 10. The lowest BCUT2D eigenvalue weighted by molar-refractivity contribution is -0.129. The van der Waals surface area contributed by atoms with Gasteiger partial charge >= 0.3 is 6.09 Å². The van der Waals surface area contributed by atoms with Crippen LogP contribution in [0.4, 0.5) is 39.3 Å². The van der Waals surface area contributed by atoms with Crippen molar-refractivity contribution < 1.29 is 24.2 Å². The molecule has 0 saturated carbocycles. The average Bonchev–Trinajstić information content (AvgIpc) is 3.03. The quantitative estimate of drug-likeness (QED) is 0.340. The van der Waals surface area contributed by atoms with Crippen molar-refractivity contribution in [2.75, 3.05) is 87.0 Å². The fourth-order valence-corrected chi connectivity index (χ4v) is 5.30. The van der Waals surface area contributed by atoms with Gasteiger partial charge in [0.15, 0.2) is 5.82 Å². The summed E-state index contributed by atoms with van der Waals surface area (Å²) in [6.45, 7) is 6.53. The summed E-state index contributed by atoms with van der Waals surface area (Å²) in [5.74, 6) is 2.01. The lowest BCUT2D eigenvalue weighted by atomic mass is 10.2. The molecule has 0 atom stereocenters. The predicted molar refractivity (Wildman–Crippen MR) is 166 cm³/mol. The number of benzene rings is 2. The van der Waals surface area contributed by atoms with E-state index < -0.39 is 6.09 Å². The first-order valence-corrected chi connectivity index (χ1v) is 14.3. The van der Waals surface area contributed by atoms with E-state index in [1.807, 2.05) is 41.3 Å². The van der Waals surface area contributed by atoms with Crippen LogP contribution in [0.25, 0.3) is 0 Å². The second-order valence-corrected chi connectivity index (χ2v) is 10.6. The molecule has 0 aliphatic carbocycles. The smallest absolute Gasteiger partial charge is 0.407 e. The molecule has 2 amide bonds. The van der Waals surface area contributed by atoms with Crippen molar-refractivity contribution in [1.82, 2.24) is 19.8 Å². The molecule has 0 radical (unpaired) electrons. The summed E-state index contributed by atoms with van der Waals surface area (Å²) >= 11 is 6.46. The summed E-state index contributed by atoms with van der Waals surface area (Å²) in [6.07, 6.45) is 0.612. The number of piperazine rings is 2. The zero-order valence-electron chi connectivity index (χ0n) is 24.3. The Morgan fingerprint density at radius 1 is 0.814 bits per heavy atom. The van der Waals surface area contributed by atoms with Crippen molar-refractivity contribution in [1.29, 1.82) is 0 Å². The Morgan fingerprint density at radius 2 is 1.33 bits per heavy atom. The minimum absolute atomic E-state index is 0.0947. The van der Waals surface area contributed by atoms with Gasteiger partial charge < -0.3 is 44.8 Å². The van der Waals surface area contributed by atoms with Crippen LogP contribution in [-0.4, -0.2) is 103 Å². The molecule has 2 fully saturated rings. The minimum atomic E-state index is -0.900. The maximum absolute atomic E-state index is 11.7. The number of nitrogens with zero attached hydrogens (tertiary/aromatic N) is 6. The van der Waals surface area contributed by atoms with Crippen LogP contribution in [0.5, 0.6) is 11.5 Å². The number of halogens is 1. The second-order valence-electron chi connectivity index (χ2n) is 10.2. The first kappa shape index (κ1) is 29.8. The topological polar surface area (TPSA) is 136 Å². The van der Waals surface area contributed by atoms with Gasteiger partial charge in [0.25, 0.3) is 0 Å². The largest absolute Gasteiger partial charge is 0.494 e. The summed E-state index contributed by atoms with van der Waals surface area (Å²) in [6, 6.07) is 11.6. The molecule has 3 N–H and O–H groups in total. The van der Waals surface area contributed by atoms with Crippen LogP contribution in [0.3, 0.4) is 0 Å². The summed E-state index contributed by atoms with van der Waals surface area (Å²) in [5, 5.41) is 16.0. The molecule has 2 aromatic carbocycles. The number of carboxylic acid groups (broad SMARTS) is 1. The Bertz CT molecular complexity index is 1480. The number of carbonyl (C=O) groups is 2. The number of anilines is 6. The molecule has 5 rings (SSSR count). The summed E-state index contributed by atoms with van der Waals surface area (Å²) in [4.78, 5) is 39.4. The second kappa shape index (κ2) is 13.1. The molecular weight excluding hydrogens is 576 g/mol. The molecule has 13 nitrogen and oxygen atoms in total. The van der Waals surface area contributed by atoms with Crippen LogP contribution < -0.4 is 29.9 Å². The van der Waals surface area contributed by atoms with E-state index in [1.54, 1.807) is 21.1 Å². The highest BCUT2D eigenvalue weighted by molar-refractivity contribution is 6.33. The van der Waals surface area contributed by atoms with E-state index in [0.717, 1.165) is 24.5 Å². The standard InChI is InChI=1S/C29H35ClN8O5/c1-19(39)35-8-10-36(11-9-35)21-5-7-24(26(17-21)43-3)33-28-31-18-22(30)27(34-28)32-23-6-4-20(16-25(23)42-2)37-12-14-38(15-13-37)29(40)41/h4-7,16-18H,8-15H2,1-3H3,(H,40,41)(H2,31,32,33,34). The Balaban J connectivity index is 1.28. The van der Waals surface area contributed by atoms with E-state index in [0.29, 0.717) is 78.9 Å². The lowest BCUT2D eigenvalue weighted by Gasteiger charge is -2.35. The fraction of sp³-hybridized carbons (Fsp3) is 0.379. The summed E-state index contributed by atoms with van der Waals surface area (Å²) < 4.78 is 11.3. The van der Waals surface area contributed by atoms with E-state index in [4.69, 9.17) is 21.1 Å². The molecular formula is C29H35ClN8O5. The molecule has 0 unspecified atom stereocenters. The van der Waals surface area contributed by atoms with E-state index >= 15 is 0 Å². The van der Waals surface area contributed by atoms with Crippen LogP contribution >= 0.6 is 11.6 Å². The highest BCUT2D eigenvalue weighted by atomic mass is 35.5. The first-order valence-electron chi connectivity index (χ1n) is 13.9. The maximum atomic E-state index is 11.7. The van der Waals surface area contributed by atoms with Crippen LogP contribution in [0.1, 0.15) is 6.92 Å². The number of carbonyl (C=O) groups excluding carboxylic acids is 1. The van der Waals surface area contributed by atoms with E-state index in [2.05, 4.69) is 30.4 Å². The van der Waals surface area contributed by atoms with Crippen molar-refractivity contribution in [3.63, 3.8) is 0 Å². The SMILES string of the molecule is COc1cc(N2CCN(C(C)=O)CC2)ccc1Nc1ncc(Cl)c(Nc2ccc(N3CCN(C(=O)O)CC3)cc2OC)n1. The van der Waals surface area contributed by atoms with Crippen molar-refractivity contribution in [3.8, 4) is 11.5 Å². The molecule has 14 heteroatoms. The zero-order valence-corrected chi connectivity index (χ0v) is 25.1. The average molecular weight is 611 g/mol. The van der Waals surface area contributed by atoms with Gasteiger partial charge in [0, 0.05) is 82.8 Å². The molecule has 2 aliphatic heterocycles. The summed E-state index contributed by atoms with van der Waals surface area (Å²) in [5.41, 5.74) is 3.28. The third kappa shape index (κ3) is 6.88. The number of hydrogen-bond donors (Lipinski definition) is 3. The maximum Gasteiger partial charge on any atom is 0.407 e. The number of nitrogens with one attached hydrogen (secondary N) is 2. The zero-order chi connectivity index (χ0) is 30.5. The Kier molecular flexibility index (Phi) is 9.10. The normalized spacial score (nSPS) is 15.3. The van der Waals surface area contributed by atoms with Crippen LogP contribution in [0.2, 0.25) is 5.02 Å². The van der Waals surface area contributed by atoms with Crippen LogP contribution in [-0.2, 0) is 4.79 Å². The monoisotopic (exact) mass is 610 g/mol. The minimum Gasteiger partial charge on any atom is -0.494 e. The molecule has 228 valence electrons. The van der Waals surface area contributed by atoms with E-state index in [9.17, 15) is 14.7 Å². The Morgan fingerprint density at radius 3 is 1.81 bits per heavy atom. The predicted octanol–water partition coefficient (Wildman–Crippen LogP) is 4.10. The third-order valence-corrected chi connectivity index (χ3v) is 7.90. The number of ether oxygens (including phenoxy) is 2. The highest BCUT2D eigenvalue weighted by Crippen LogP contribution is 2.35. The van der Waals surface area contributed by atoms with Gasteiger partial charge in [-0.3, -0.25) is 4.79 Å². The number of methoxy groups -OCH3 is 2. The van der Waals surface area contributed by atoms with Crippen molar-refractivity contribution in [3.05, 3.63) is 47.6 Å². The van der Waals surface area contributed by atoms with Gasteiger partial charge in [0.2, 0.25) is 11.9 Å². The van der Waals surface area contributed by atoms with Gasteiger partial charge in [0.1, 0.15) is 16.5 Å². The van der Waals surface area contributed by atoms with Crippen LogP contribution in [0, 0.1) is 0 Å². The molecule has 0 bridgehead atoms. The molecule has 2 aliphatic rings. The number of amides is 2. The number of aromatic nitrogens is 2. The molecule has 3 heterocycles. The van der Waals surface area contributed by atoms with Gasteiger partial charge in [-0.1, -0.05) is 11.6 Å².